The molecule has 0 bridgehead atoms. The number of carboxylic acid groups (broad SMARTS) is 1. The quantitative estimate of drug-likeness (QED) is 0.333. The van der Waals surface area contributed by atoms with Crippen LogP contribution in [0, 0.1) is 25.7 Å². The van der Waals surface area contributed by atoms with Crippen LogP contribution in [0.2, 0.25) is 5.02 Å². The molecule has 1 aliphatic rings. The van der Waals surface area contributed by atoms with Crippen molar-refractivity contribution in [3.05, 3.63) is 40.4 Å². The molecule has 6 heteroatoms. The van der Waals surface area contributed by atoms with E-state index in [0.717, 1.165) is 34.7 Å². The maximum Gasteiger partial charge on any atom is 0.303 e. The first kappa shape index (κ1) is 22.1. The average molecular weight is 415 g/mol. The first-order valence-corrected chi connectivity index (χ1v) is 10.2. The molecule has 0 aromatic heterocycles. The lowest BCUT2D eigenvalue weighted by molar-refractivity contribution is -0.137. The first-order valence-electron chi connectivity index (χ1n) is 9.38. The Morgan fingerprint density at radius 3 is 2.56 bits per heavy atom. The molecule has 0 saturated heterocycles. The van der Waals surface area contributed by atoms with Crippen LogP contribution in [0.1, 0.15) is 43.2 Å². The van der Waals surface area contributed by atoms with Crippen LogP contribution in [0.15, 0.2) is 24.3 Å². The molecule has 2 N–H and O–H groups in total. The number of aryl methyl sites for hydroxylation is 2. The molecule has 0 radical (unpaired) electrons. The van der Waals surface area contributed by atoms with E-state index >= 15 is 0 Å². The fourth-order valence-electron chi connectivity index (χ4n) is 3.62. The molecule has 150 valence electrons. The van der Waals surface area contributed by atoms with Gasteiger partial charge in [0, 0.05) is 22.7 Å². The minimum Gasteiger partial charge on any atom is -0.493 e. The third kappa shape index (κ3) is 6.41. The van der Waals surface area contributed by atoms with Crippen molar-refractivity contribution in [1.29, 1.82) is 0 Å². The fraction of sp³-hybridized carbons (Fsp3) is 0.571. The lowest BCUT2D eigenvalue weighted by Crippen LogP contribution is -2.27. The van der Waals surface area contributed by atoms with Crippen molar-refractivity contribution in [3.63, 3.8) is 0 Å². The Bertz CT molecular complexity index is 651. The normalized spacial score (nSPS) is 25.2. The molecule has 1 fully saturated rings. The van der Waals surface area contributed by atoms with Crippen molar-refractivity contribution in [3.8, 4) is 5.75 Å². The highest BCUT2D eigenvalue weighted by Crippen LogP contribution is 2.39. The van der Waals surface area contributed by atoms with Crippen LogP contribution in [0.4, 0.5) is 0 Å². The van der Waals surface area contributed by atoms with E-state index in [9.17, 15) is 9.90 Å². The van der Waals surface area contributed by atoms with Gasteiger partial charge >= 0.3 is 5.97 Å². The van der Waals surface area contributed by atoms with Gasteiger partial charge in [-0.3, -0.25) is 4.79 Å². The van der Waals surface area contributed by atoms with Gasteiger partial charge in [0.15, 0.2) is 0 Å². The van der Waals surface area contributed by atoms with Gasteiger partial charge in [-0.25, -0.2) is 0 Å². The molecule has 4 atom stereocenters. The zero-order chi connectivity index (χ0) is 20.0. The first-order chi connectivity index (χ1) is 12.8. The molecule has 0 heterocycles. The molecule has 2 rings (SSSR count). The average Bonchev–Trinajstić information content (AvgIpc) is 2.86. The Labute approximate surface area is 171 Å². The number of rotatable bonds is 9. The lowest BCUT2D eigenvalue weighted by Gasteiger charge is -2.23. The number of halogens is 2. The second-order valence-corrected chi connectivity index (χ2v) is 8.26. The summed E-state index contributed by atoms with van der Waals surface area (Å²) in [5, 5.41) is 19.7. The molecule has 1 saturated carbocycles. The molecule has 1 aromatic rings. The Hall–Kier alpha value is -1.23. The zero-order valence-corrected chi connectivity index (χ0v) is 17.3. The van der Waals surface area contributed by atoms with E-state index in [-0.39, 0.29) is 23.6 Å². The zero-order valence-electron chi connectivity index (χ0n) is 15.8. The van der Waals surface area contributed by atoms with Gasteiger partial charge in [0.1, 0.15) is 5.75 Å². The minimum absolute atomic E-state index is 0.0348. The van der Waals surface area contributed by atoms with Crippen molar-refractivity contribution in [2.24, 2.45) is 11.8 Å². The van der Waals surface area contributed by atoms with Crippen LogP contribution >= 0.6 is 23.2 Å². The van der Waals surface area contributed by atoms with Gasteiger partial charge in [0.25, 0.3) is 0 Å². The van der Waals surface area contributed by atoms with Crippen molar-refractivity contribution in [2.45, 2.75) is 57.4 Å². The number of ether oxygens (including phenoxy) is 1. The highest BCUT2D eigenvalue weighted by Gasteiger charge is 2.41. The predicted octanol–water partition coefficient (Wildman–Crippen LogP) is 5.14. The molecular weight excluding hydrogens is 387 g/mol. The molecule has 4 nitrogen and oxygen atoms in total. The number of unbranched alkanes of at least 4 members (excludes halogenated alkanes) is 1. The second-order valence-electron chi connectivity index (χ2n) is 7.32. The lowest BCUT2D eigenvalue weighted by atomic mass is 9.92. The highest BCUT2D eigenvalue weighted by atomic mass is 35.5. The standard InChI is InChI=1S/C21H28Cl2O4/c1-13-9-15(10-14(2)21(13)23)27-12-17-16(18(22)11-19(17)24)7-5-3-4-6-8-20(25)26/h3,5,9-10,16-19,24H,4,6-8,11-12H2,1-2H3,(H,25,26)/t16-,17-,18?,19-/m1/s1. The summed E-state index contributed by atoms with van der Waals surface area (Å²) in [6.07, 6.45) is 6.43. The van der Waals surface area contributed by atoms with Gasteiger partial charge in [0.2, 0.25) is 0 Å². The smallest absolute Gasteiger partial charge is 0.303 e. The third-order valence-electron chi connectivity index (χ3n) is 5.16. The van der Waals surface area contributed by atoms with E-state index in [0.29, 0.717) is 19.4 Å². The minimum atomic E-state index is -0.770. The van der Waals surface area contributed by atoms with Gasteiger partial charge in [-0.05, 0) is 68.7 Å². The molecule has 1 aromatic carbocycles. The Morgan fingerprint density at radius 1 is 1.26 bits per heavy atom. The number of hydrogen-bond acceptors (Lipinski definition) is 3. The van der Waals surface area contributed by atoms with E-state index in [2.05, 4.69) is 0 Å². The largest absolute Gasteiger partial charge is 0.493 e. The van der Waals surface area contributed by atoms with Crippen LogP contribution in [-0.4, -0.2) is 34.3 Å². The van der Waals surface area contributed by atoms with Crippen LogP contribution in [-0.2, 0) is 4.79 Å². The fourth-order valence-corrected chi connectivity index (χ4v) is 4.20. The number of carbonyl (C=O) groups is 1. The maximum atomic E-state index is 10.5. The van der Waals surface area contributed by atoms with E-state index in [1.807, 2.05) is 38.1 Å². The Kier molecular flexibility index (Phi) is 8.46. The molecule has 27 heavy (non-hydrogen) atoms. The van der Waals surface area contributed by atoms with E-state index in [1.165, 1.54) is 0 Å². The molecule has 0 amide bonds. The van der Waals surface area contributed by atoms with Gasteiger partial charge in [-0.15, -0.1) is 11.6 Å². The van der Waals surface area contributed by atoms with Gasteiger partial charge in [-0.1, -0.05) is 23.8 Å². The number of allylic oxidation sites excluding steroid dienone is 2. The summed E-state index contributed by atoms with van der Waals surface area (Å²) in [4.78, 5) is 10.5. The van der Waals surface area contributed by atoms with Crippen molar-refractivity contribution >= 4 is 29.2 Å². The topological polar surface area (TPSA) is 66.8 Å². The number of aliphatic carboxylic acids is 1. The molecule has 0 spiro atoms. The van der Waals surface area contributed by atoms with E-state index < -0.39 is 12.1 Å². The summed E-state index contributed by atoms with van der Waals surface area (Å²) < 4.78 is 5.96. The van der Waals surface area contributed by atoms with E-state index in [1.54, 1.807) is 0 Å². The molecular formula is C21H28Cl2O4. The van der Waals surface area contributed by atoms with Gasteiger partial charge in [-0.2, -0.15) is 0 Å². The molecule has 1 aliphatic carbocycles. The van der Waals surface area contributed by atoms with Crippen LogP contribution in [0.25, 0.3) is 0 Å². The third-order valence-corrected chi connectivity index (χ3v) is 6.26. The predicted molar refractivity (Wildman–Crippen MR) is 109 cm³/mol. The Balaban J connectivity index is 1.91. The van der Waals surface area contributed by atoms with Crippen LogP contribution in [0.5, 0.6) is 5.75 Å². The summed E-state index contributed by atoms with van der Waals surface area (Å²) >= 11 is 12.7. The number of alkyl halides is 1. The number of aliphatic hydroxyl groups excluding tert-OH is 1. The monoisotopic (exact) mass is 414 g/mol. The number of hydrogen-bond donors (Lipinski definition) is 2. The number of carboxylic acids is 1. The molecule has 1 unspecified atom stereocenters. The Morgan fingerprint density at radius 2 is 1.93 bits per heavy atom. The summed E-state index contributed by atoms with van der Waals surface area (Å²) in [6, 6.07) is 3.82. The van der Waals surface area contributed by atoms with Crippen molar-refractivity contribution in [2.75, 3.05) is 6.61 Å². The number of benzene rings is 1. The summed E-state index contributed by atoms with van der Waals surface area (Å²) in [7, 11) is 0. The molecule has 0 aliphatic heterocycles. The van der Waals surface area contributed by atoms with Gasteiger partial charge in [0.05, 0.1) is 12.7 Å². The van der Waals surface area contributed by atoms with Crippen molar-refractivity contribution < 1.29 is 19.7 Å². The summed E-state index contributed by atoms with van der Waals surface area (Å²) in [6.45, 7) is 4.29. The highest BCUT2D eigenvalue weighted by molar-refractivity contribution is 6.32. The number of aliphatic hydroxyl groups is 1. The van der Waals surface area contributed by atoms with Crippen molar-refractivity contribution in [1.82, 2.24) is 0 Å². The van der Waals surface area contributed by atoms with Crippen LogP contribution < -0.4 is 4.74 Å². The summed E-state index contributed by atoms with van der Waals surface area (Å²) in [5.41, 5.74) is 1.93. The SMILES string of the molecule is Cc1cc(OC[C@H]2[C@H](O)CC(Cl)[C@@H]2CC=CCCCC(=O)O)cc(C)c1Cl. The van der Waals surface area contributed by atoms with E-state index in [4.69, 9.17) is 33.0 Å². The summed E-state index contributed by atoms with van der Waals surface area (Å²) in [5.74, 6) is 0.0787. The maximum absolute atomic E-state index is 10.5. The second kappa shape index (κ2) is 10.4. The van der Waals surface area contributed by atoms with Crippen LogP contribution in [0.3, 0.4) is 0 Å². The van der Waals surface area contributed by atoms with Gasteiger partial charge < -0.3 is 14.9 Å².